The number of benzene rings is 2. The van der Waals surface area contributed by atoms with Gasteiger partial charge < -0.3 is 9.64 Å². The lowest BCUT2D eigenvalue weighted by molar-refractivity contribution is -0.274. The molecule has 1 N–H and O–H groups in total. The van der Waals surface area contributed by atoms with Gasteiger partial charge in [-0.1, -0.05) is 54.4 Å². The zero-order valence-corrected chi connectivity index (χ0v) is 19.1. The minimum atomic E-state index is -4.73. The highest BCUT2D eigenvalue weighted by Gasteiger charge is 2.31. The van der Waals surface area contributed by atoms with E-state index in [-0.39, 0.29) is 11.7 Å². The Morgan fingerprint density at radius 2 is 1.88 bits per heavy atom. The fourth-order valence-corrected chi connectivity index (χ4v) is 4.29. The Hall–Kier alpha value is -2.72. The van der Waals surface area contributed by atoms with Gasteiger partial charge in [-0.2, -0.15) is 0 Å². The molecule has 0 atom stereocenters. The topological polar surface area (TPSA) is 54.5 Å². The Bertz CT molecular complexity index is 1040. The van der Waals surface area contributed by atoms with E-state index in [4.69, 9.17) is 0 Å². The number of hydrogen-bond donors (Lipinski definition) is 1. The predicted molar refractivity (Wildman–Crippen MR) is 122 cm³/mol. The summed E-state index contributed by atoms with van der Waals surface area (Å²) >= 11 is 2.62. The zero-order valence-electron chi connectivity index (χ0n) is 17.5. The Balaban J connectivity index is 1.81. The van der Waals surface area contributed by atoms with Gasteiger partial charge in [0, 0.05) is 24.2 Å². The molecule has 10 heteroatoms. The Morgan fingerprint density at radius 1 is 1.16 bits per heavy atom. The van der Waals surface area contributed by atoms with Crippen molar-refractivity contribution in [1.82, 2.24) is 9.71 Å². The molecule has 1 aromatic heterocycles. The predicted octanol–water partition coefficient (Wildman–Crippen LogP) is 5.61. The normalized spacial score (nSPS) is 11.3. The molecule has 0 aliphatic carbocycles. The van der Waals surface area contributed by atoms with Crippen LogP contribution in [0, 0.1) is 6.92 Å². The molecule has 0 saturated heterocycles. The summed E-state index contributed by atoms with van der Waals surface area (Å²) in [7, 11) is 0. The maximum atomic E-state index is 12.5. The summed E-state index contributed by atoms with van der Waals surface area (Å²) in [5.41, 5.74) is 2.14. The van der Waals surface area contributed by atoms with Crippen molar-refractivity contribution in [2.45, 2.75) is 26.3 Å². The number of nitrogens with zero attached hydrogens (tertiary/aromatic N) is 2. The molecule has 3 aromatic rings. The zero-order chi connectivity index (χ0) is 23.1. The summed E-state index contributed by atoms with van der Waals surface area (Å²) in [6.07, 6.45) is -2.49. The SMILES string of the molecule is CSNC(=O)c1nc(N(CCc2cccc(OC(F)(F)F)c2)Cc2ccccc2)sc1C. The average Bonchev–Trinajstić information content (AvgIpc) is 3.13. The second kappa shape index (κ2) is 10.7. The van der Waals surface area contributed by atoms with Crippen molar-refractivity contribution < 1.29 is 22.7 Å². The summed E-state index contributed by atoms with van der Waals surface area (Å²) in [6, 6.07) is 15.8. The number of aromatic nitrogens is 1. The van der Waals surface area contributed by atoms with Crippen molar-refractivity contribution in [2.24, 2.45) is 0 Å². The van der Waals surface area contributed by atoms with Crippen LogP contribution in [0.15, 0.2) is 54.6 Å². The number of rotatable bonds is 9. The summed E-state index contributed by atoms with van der Waals surface area (Å²) in [5.74, 6) is -0.500. The van der Waals surface area contributed by atoms with Gasteiger partial charge in [-0.25, -0.2) is 4.98 Å². The van der Waals surface area contributed by atoms with Crippen LogP contribution in [0.4, 0.5) is 18.3 Å². The smallest absolute Gasteiger partial charge is 0.406 e. The fourth-order valence-electron chi connectivity index (χ4n) is 3.08. The fraction of sp³-hybridized carbons (Fsp3) is 0.273. The highest BCUT2D eigenvalue weighted by molar-refractivity contribution is 7.97. The third-order valence-electron chi connectivity index (χ3n) is 4.48. The van der Waals surface area contributed by atoms with Gasteiger partial charge in [-0.3, -0.25) is 9.52 Å². The Labute approximate surface area is 192 Å². The number of carbonyl (C=O) groups excluding carboxylic acids is 1. The monoisotopic (exact) mass is 481 g/mol. The van der Waals surface area contributed by atoms with Crippen molar-refractivity contribution >= 4 is 34.3 Å². The number of anilines is 1. The maximum absolute atomic E-state index is 12.5. The first-order chi connectivity index (χ1) is 15.2. The number of ether oxygens (including phenoxy) is 1. The molecule has 0 radical (unpaired) electrons. The molecule has 0 bridgehead atoms. The summed E-state index contributed by atoms with van der Waals surface area (Å²) in [6.45, 7) is 2.89. The molecule has 32 heavy (non-hydrogen) atoms. The first kappa shape index (κ1) is 23.9. The molecule has 3 rings (SSSR count). The number of nitrogens with one attached hydrogen (secondary N) is 1. The molecule has 0 spiro atoms. The first-order valence-corrected chi connectivity index (χ1v) is 11.7. The third-order valence-corrected chi connectivity index (χ3v) is 5.91. The van der Waals surface area contributed by atoms with Crippen LogP contribution in [0.25, 0.3) is 0 Å². The highest BCUT2D eigenvalue weighted by Crippen LogP contribution is 2.28. The lowest BCUT2D eigenvalue weighted by atomic mass is 10.1. The van der Waals surface area contributed by atoms with Crippen LogP contribution in [0.5, 0.6) is 5.75 Å². The minimum absolute atomic E-state index is 0.245. The van der Waals surface area contributed by atoms with Crippen molar-refractivity contribution in [3.8, 4) is 5.75 Å². The van der Waals surface area contributed by atoms with E-state index in [2.05, 4.69) is 14.4 Å². The van der Waals surface area contributed by atoms with E-state index in [1.807, 2.05) is 42.2 Å². The summed E-state index contributed by atoms with van der Waals surface area (Å²) in [5, 5.41) is 0.681. The molecule has 0 saturated carbocycles. The van der Waals surface area contributed by atoms with Crippen LogP contribution in [0.1, 0.15) is 26.5 Å². The molecule has 170 valence electrons. The number of thiazole rings is 1. The number of halogens is 3. The standard InChI is InChI=1S/C22H22F3N3O2S2/c1-15-19(20(29)27-31-2)26-21(32-15)28(14-17-7-4-3-5-8-17)12-11-16-9-6-10-18(13-16)30-22(23,24)25/h3-10,13H,11-12,14H2,1-2H3,(H,27,29). The second-order valence-corrected chi connectivity index (χ2v) is 8.68. The number of aryl methyl sites for hydroxylation is 1. The molecule has 5 nitrogen and oxygen atoms in total. The summed E-state index contributed by atoms with van der Waals surface area (Å²) < 4.78 is 44.3. The van der Waals surface area contributed by atoms with E-state index in [1.165, 1.54) is 41.5 Å². The summed E-state index contributed by atoms with van der Waals surface area (Å²) in [4.78, 5) is 19.7. The van der Waals surface area contributed by atoms with E-state index in [0.29, 0.717) is 35.9 Å². The Morgan fingerprint density at radius 3 is 2.56 bits per heavy atom. The number of hydrogen-bond acceptors (Lipinski definition) is 6. The van der Waals surface area contributed by atoms with Gasteiger partial charge in [0.15, 0.2) is 5.13 Å². The maximum Gasteiger partial charge on any atom is 0.573 e. The van der Waals surface area contributed by atoms with Crippen LogP contribution < -0.4 is 14.4 Å². The van der Waals surface area contributed by atoms with Crippen molar-refractivity contribution in [3.63, 3.8) is 0 Å². The van der Waals surface area contributed by atoms with E-state index in [0.717, 1.165) is 10.4 Å². The molecule has 1 amide bonds. The van der Waals surface area contributed by atoms with E-state index < -0.39 is 6.36 Å². The molecule has 0 aliphatic rings. The van der Waals surface area contributed by atoms with Crippen molar-refractivity contribution in [2.75, 3.05) is 17.7 Å². The highest BCUT2D eigenvalue weighted by atomic mass is 32.2. The van der Waals surface area contributed by atoms with E-state index in [9.17, 15) is 18.0 Å². The number of amides is 1. The molecule has 0 fully saturated rings. The van der Waals surface area contributed by atoms with Gasteiger partial charge in [0.05, 0.1) is 0 Å². The minimum Gasteiger partial charge on any atom is -0.406 e. The molecule has 2 aromatic carbocycles. The Kier molecular flexibility index (Phi) is 8.03. The molecule has 0 unspecified atom stereocenters. The number of alkyl halides is 3. The van der Waals surface area contributed by atoms with Gasteiger partial charge in [0.25, 0.3) is 5.91 Å². The second-order valence-electron chi connectivity index (χ2n) is 6.89. The lowest BCUT2D eigenvalue weighted by Crippen LogP contribution is -2.25. The molecular weight excluding hydrogens is 459 g/mol. The molecule has 1 heterocycles. The van der Waals surface area contributed by atoms with E-state index >= 15 is 0 Å². The van der Waals surface area contributed by atoms with Crippen LogP contribution in [0.2, 0.25) is 0 Å². The lowest BCUT2D eigenvalue weighted by Gasteiger charge is -2.22. The van der Waals surface area contributed by atoms with Crippen molar-refractivity contribution in [3.05, 3.63) is 76.3 Å². The quantitative estimate of drug-likeness (QED) is 0.403. The first-order valence-electron chi connectivity index (χ1n) is 9.69. The largest absolute Gasteiger partial charge is 0.573 e. The van der Waals surface area contributed by atoms with Crippen LogP contribution in [-0.4, -0.2) is 30.1 Å². The van der Waals surface area contributed by atoms with Gasteiger partial charge in [-0.15, -0.1) is 24.5 Å². The molecular formula is C22H22F3N3O2S2. The van der Waals surface area contributed by atoms with Gasteiger partial charge in [0.2, 0.25) is 0 Å². The van der Waals surface area contributed by atoms with Gasteiger partial charge in [0.1, 0.15) is 11.4 Å². The van der Waals surface area contributed by atoms with E-state index in [1.54, 1.807) is 12.3 Å². The third kappa shape index (κ3) is 6.89. The molecule has 0 aliphatic heterocycles. The average molecular weight is 482 g/mol. The van der Waals surface area contributed by atoms with Gasteiger partial charge >= 0.3 is 6.36 Å². The van der Waals surface area contributed by atoms with Crippen LogP contribution >= 0.6 is 23.3 Å². The van der Waals surface area contributed by atoms with Gasteiger partial charge in [-0.05, 0) is 36.6 Å². The van der Waals surface area contributed by atoms with Crippen LogP contribution in [0.3, 0.4) is 0 Å². The van der Waals surface area contributed by atoms with Crippen LogP contribution in [-0.2, 0) is 13.0 Å². The van der Waals surface area contributed by atoms with Crippen molar-refractivity contribution in [1.29, 1.82) is 0 Å². The number of carbonyl (C=O) groups is 1.